The van der Waals surface area contributed by atoms with Crippen LogP contribution in [0.15, 0.2) is 53.2 Å². The molecular formula is C21H20ClN7O2. The van der Waals surface area contributed by atoms with Crippen molar-refractivity contribution < 1.29 is 9.32 Å². The second-order valence-corrected chi connectivity index (χ2v) is 7.21. The lowest BCUT2D eigenvalue weighted by Crippen LogP contribution is -2.29. The Morgan fingerprint density at radius 2 is 1.94 bits per heavy atom. The van der Waals surface area contributed by atoms with E-state index in [-0.39, 0.29) is 5.91 Å². The maximum atomic E-state index is 12.7. The summed E-state index contributed by atoms with van der Waals surface area (Å²) in [6, 6.07) is 12.7. The van der Waals surface area contributed by atoms with Crippen LogP contribution in [0.2, 0.25) is 5.02 Å². The normalized spacial score (nSPS) is 10.8. The number of benzene rings is 1. The van der Waals surface area contributed by atoms with Crippen LogP contribution in [0.3, 0.4) is 0 Å². The molecule has 0 radical (unpaired) electrons. The Hall–Kier alpha value is -3.72. The van der Waals surface area contributed by atoms with E-state index in [9.17, 15) is 4.79 Å². The third-order valence-corrected chi connectivity index (χ3v) is 4.87. The first-order valence-corrected chi connectivity index (χ1v) is 10.0. The number of anilines is 1. The van der Waals surface area contributed by atoms with E-state index in [2.05, 4.69) is 31.1 Å². The lowest BCUT2D eigenvalue weighted by atomic mass is 10.1. The van der Waals surface area contributed by atoms with Gasteiger partial charge in [0.2, 0.25) is 0 Å². The minimum absolute atomic E-state index is 0.286. The first-order valence-electron chi connectivity index (χ1n) is 9.62. The second kappa shape index (κ2) is 8.97. The maximum Gasteiger partial charge on any atom is 0.257 e. The second-order valence-electron chi connectivity index (χ2n) is 6.80. The molecule has 0 aliphatic carbocycles. The summed E-state index contributed by atoms with van der Waals surface area (Å²) >= 11 is 6.25. The molecule has 31 heavy (non-hydrogen) atoms. The van der Waals surface area contributed by atoms with Crippen molar-refractivity contribution in [3.05, 3.63) is 70.7 Å². The molecular weight excluding hydrogens is 418 g/mol. The molecule has 0 aliphatic heterocycles. The van der Waals surface area contributed by atoms with Crippen LogP contribution in [0, 0.1) is 13.8 Å². The fourth-order valence-electron chi connectivity index (χ4n) is 3.02. The van der Waals surface area contributed by atoms with E-state index >= 15 is 0 Å². The molecule has 3 heterocycles. The molecule has 1 aromatic carbocycles. The summed E-state index contributed by atoms with van der Waals surface area (Å²) in [4.78, 5) is 12.7. The van der Waals surface area contributed by atoms with Crippen LogP contribution in [0.1, 0.15) is 21.8 Å². The quantitative estimate of drug-likeness (QED) is 0.426. The summed E-state index contributed by atoms with van der Waals surface area (Å²) in [7, 11) is 0. The number of hydrogen-bond donors (Lipinski definition) is 2. The van der Waals surface area contributed by atoms with Crippen molar-refractivity contribution in [2.75, 3.05) is 18.4 Å². The summed E-state index contributed by atoms with van der Waals surface area (Å²) in [5.41, 5.74) is 2.34. The average Bonchev–Trinajstić information content (AvgIpc) is 3.37. The molecule has 0 aliphatic rings. The van der Waals surface area contributed by atoms with Crippen molar-refractivity contribution in [3.8, 4) is 17.1 Å². The number of amides is 1. The van der Waals surface area contributed by atoms with Crippen LogP contribution in [-0.2, 0) is 0 Å². The van der Waals surface area contributed by atoms with Crippen molar-refractivity contribution in [2.45, 2.75) is 13.8 Å². The van der Waals surface area contributed by atoms with E-state index in [1.165, 1.54) is 0 Å². The Morgan fingerprint density at radius 1 is 1.10 bits per heavy atom. The molecule has 0 bridgehead atoms. The number of nitrogens with one attached hydrogen (secondary N) is 2. The number of carbonyl (C=O) groups is 1. The fraction of sp³-hybridized carbons (Fsp3) is 0.190. The van der Waals surface area contributed by atoms with Gasteiger partial charge >= 0.3 is 0 Å². The number of nitrogens with zero attached hydrogens (tertiary/aromatic N) is 5. The van der Waals surface area contributed by atoms with Gasteiger partial charge in [0.15, 0.2) is 5.82 Å². The number of hydrogen-bond acceptors (Lipinski definition) is 7. The van der Waals surface area contributed by atoms with Gasteiger partial charge in [0, 0.05) is 24.8 Å². The van der Waals surface area contributed by atoms with Gasteiger partial charge in [0.1, 0.15) is 22.8 Å². The lowest BCUT2D eigenvalue weighted by Gasteiger charge is -2.08. The summed E-state index contributed by atoms with van der Waals surface area (Å²) in [5.74, 6) is 1.36. The number of halogens is 1. The Bertz CT molecular complexity index is 1200. The van der Waals surface area contributed by atoms with Crippen LogP contribution >= 0.6 is 11.6 Å². The van der Waals surface area contributed by atoms with Crippen LogP contribution in [0.5, 0.6) is 0 Å². The molecule has 0 saturated heterocycles. The van der Waals surface area contributed by atoms with E-state index < -0.39 is 0 Å². The van der Waals surface area contributed by atoms with Gasteiger partial charge in [-0.3, -0.25) is 4.79 Å². The molecule has 0 spiro atoms. The molecule has 158 valence electrons. The zero-order valence-corrected chi connectivity index (χ0v) is 17.7. The van der Waals surface area contributed by atoms with Crippen molar-refractivity contribution in [3.63, 3.8) is 0 Å². The summed E-state index contributed by atoms with van der Waals surface area (Å²) in [6.07, 6.45) is 1.82. The molecule has 4 aromatic rings. The molecule has 2 N–H and O–H groups in total. The van der Waals surface area contributed by atoms with Crippen molar-refractivity contribution in [1.29, 1.82) is 0 Å². The highest BCUT2D eigenvalue weighted by atomic mass is 35.5. The van der Waals surface area contributed by atoms with Gasteiger partial charge in [0.05, 0.1) is 10.7 Å². The monoisotopic (exact) mass is 437 g/mol. The van der Waals surface area contributed by atoms with Crippen LogP contribution in [0.4, 0.5) is 5.82 Å². The highest BCUT2D eigenvalue weighted by Crippen LogP contribution is 2.30. The minimum atomic E-state index is -0.286. The molecule has 9 nitrogen and oxygen atoms in total. The van der Waals surface area contributed by atoms with Gasteiger partial charge < -0.3 is 15.2 Å². The molecule has 0 unspecified atom stereocenters. The molecule has 1 amide bonds. The Morgan fingerprint density at radius 3 is 2.65 bits per heavy atom. The predicted octanol–water partition coefficient (Wildman–Crippen LogP) is 3.43. The third-order valence-electron chi connectivity index (χ3n) is 4.54. The highest BCUT2D eigenvalue weighted by Gasteiger charge is 2.22. The summed E-state index contributed by atoms with van der Waals surface area (Å²) in [5, 5.41) is 23.1. The molecule has 10 heteroatoms. The third kappa shape index (κ3) is 4.56. The van der Waals surface area contributed by atoms with Crippen LogP contribution in [-0.4, -0.2) is 44.1 Å². The highest BCUT2D eigenvalue weighted by molar-refractivity contribution is 6.33. The van der Waals surface area contributed by atoms with E-state index in [1.807, 2.05) is 37.4 Å². The van der Waals surface area contributed by atoms with Crippen molar-refractivity contribution in [2.24, 2.45) is 0 Å². The number of aromatic nitrogens is 5. The van der Waals surface area contributed by atoms with Crippen LogP contribution in [0.25, 0.3) is 17.1 Å². The standard InChI is InChI=1S/C21H20ClN7O2/c1-13-9-12-29(27-13)18-8-7-17(25-26-18)23-10-11-24-21(30)19-14(2)31-28-20(19)15-5-3-4-6-16(15)22/h3-9,12H,10-11H2,1-2H3,(H,23,25)(H,24,30). The van der Waals surface area contributed by atoms with Gasteiger partial charge in [-0.25, -0.2) is 4.68 Å². The topological polar surface area (TPSA) is 111 Å². The van der Waals surface area contributed by atoms with Gasteiger partial charge in [0.25, 0.3) is 5.91 Å². The SMILES string of the molecule is Cc1ccn(-c2ccc(NCCNC(=O)c3c(-c4ccccc4Cl)noc3C)nn2)n1. The summed E-state index contributed by atoms with van der Waals surface area (Å²) in [6.45, 7) is 4.44. The van der Waals surface area contributed by atoms with Crippen molar-refractivity contribution in [1.82, 2.24) is 30.5 Å². The average molecular weight is 438 g/mol. The van der Waals surface area contributed by atoms with E-state index in [0.29, 0.717) is 52.3 Å². The lowest BCUT2D eigenvalue weighted by molar-refractivity contribution is 0.0954. The maximum absolute atomic E-state index is 12.7. The van der Waals surface area contributed by atoms with Gasteiger partial charge in [-0.05, 0) is 38.1 Å². The zero-order valence-electron chi connectivity index (χ0n) is 17.0. The smallest absolute Gasteiger partial charge is 0.257 e. The molecule has 0 saturated carbocycles. The Labute approximate surface area is 183 Å². The predicted molar refractivity (Wildman–Crippen MR) is 116 cm³/mol. The molecule has 0 atom stereocenters. The summed E-state index contributed by atoms with van der Waals surface area (Å²) < 4.78 is 6.90. The van der Waals surface area contributed by atoms with Crippen LogP contribution < -0.4 is 10.6 Å². The largest absolute Gasteiger partial charge is 0.367 e. The van der Waals surface area contributed by atoms with E-state index in [0.717, 1.165) is 5.69 Å². The minimum Gasteiger partial charge on any atom is -0.367 e. The molecule has 4 rings (SSSR count). The van der Waals surface area contributed by atoms with Gasteiger partial charge in [-0.2, -0.15) is 5.10 Å². The first-order chi connectivity index (χ1) is 15.0. The fourth-order valence-corrected chi connectivity index (χ4v) is 3.24. The Kier molecular flexibility index (Phi) is 5.94. The molecule has 0 fully saturated rings. The van der Waals surface area contributed by atoms with Gasteiger partial charge in [-0.1, -0.05) is 35.0 Å². The zero-order chi connectivity index (χ0) is 21.8. The molecule has 3 aromatic heterocycles. The van der Waals surface area contributed by atoms with Gasteiger partial charge in [-0.15, -0.1) is 10.2 Å². The number of carbonyl (C=O) groups excluding carboxylic acids is 1. The van der Waals surface area contributed by atoms with Crippen molar-refractivity contribution >= 4 is 23.3 Å². The number of aryl methyl sites for hydroxylation is 2. The number of rotatable bonds is 7. The van der Waals surface area contributed by atoms with E-state index in [1.54, 1.807) is 29.8 Å². The Balaban J connectivity index is 1.34. The first kappa shape index (κ1) is 20.5. The van der Waals surface area contributed by atoms with E-state index in [4.69, 9.17) is 16.1 Å².